The van der Waals surface area contributed by atoms with E-state index in [1.807, 2.05) is 62.1 Å². The molecule has 0 aliphatic heterocycles. The smallest absolute Gasteiger partial charge is 0.264 e. The van der Waals surface area contributed by atoms with Gasteiger partial charge in [0.25, 0.3) is 5.91 Å². The van der Waals surface area contributed by atoms with Gasteiger partial charge < -0.3 is 4.90 Å². The Balaban J connectivity index is 1.84. The molecule has 21 heavy (non-hydrogen) atoms. The van der Waals surface area contributed by atoms with Crippen molar-refractivity contribution >= 4 is 27.5 Å². The van der Waals surface area contributed by atoms with Gasteiger partial charge >= 0.3 is 0 Å². The van der Waals surface area contributed by atoms with E-state index in [0.717, 1.165) is 26.4 Å². The molecule has 1 amide bonds. The molecule has 5 heteroatoms. The van der Waals surface area contributed by atoms with Crippen molar-refractivity contribution in [2.75, 3.05) is 7.05 Å². The lowest BCUT2D eigenvalue weighted by atomic mass is 10.2. The lowest BCUT2D eigenvalue weighted by Crippen LogP contribution is -2.25. The van der Waals surface area contributed by atoms with Crippen molar-refractivity contribution in [1.82, 2.24) is 14.7 Å². The first kappa shape index (κ1) is 13.8. The van der Waals surface area contributed by atoms with Crippen LogP contribution in [0, 0.1) is 6.92 Å². The molecule has 0 aliphatic rings. The van der Waals surface area contributed by atoms with E-state index in [1.165, 1.54) is 11.3 Å². The Morgan fingerprint density at radius 2 is 2.05 bits per heavy atom. The molecule has 2 heterocycles. The molecule has 3 aromatic rings. The average Bonchev–Trinajstić information content (AvgIpc) is 3.02. The molecule has 0 fully saturated rings. The summed E-state index contributed by atoms with van der Waals surface area (Å²) in [5, 5.41) is 5.43. The molecule has 3 rings (SSSR count). The van der Waals surface area contributed by atoms with Crippen molar-refractivity contribution in [1.29, 1.82) is 0 Å². The van der Waals surface area contributed by atoms with Crippen molar-refractivity contribution < 1.29 is 4.79 Å². The Labute approximate surface area is 127 Å². The maximum atomic E-state index is 12.5. The van der Waals surface area contributed by atoms with E-state index in [9.17, 15) is 4.79 Å². The SMILES string of the molecule is Cc1nn(C)c2sc(C(=O)N(C)Cc3ccccc3)cc12. The van der Waals surface area contributed by atoms with Crippen LogP contribution in [0.1, 0.15) is 20.9 Å². The number of thiophene rings is 1. The van der Waals surface area contributed by atoms with Gasteiger partial charge in [-0.1, -0.05) is 30.3 Å². The van der Waals surface area contributed by atoms with Gasteiger partial charge in [-0.15, -0.1) is 11.3 Å². The molecular formula is C16H17N3OS. The normalized spacial score (nSPS) is 11.0. The third kappa shape index (κ3) is 2.56. The lowest BCUT2D eigenvalue weighted by molar-refractivity contribution is 0.0790. The van der Waals surface area contributed by atoms with E-state index >= 15 is 0 Å². The molecule has 0 bridgehead atoms. The average molecular weight is 299 g/mol. The van der Waals surface area contributed by atoms with Crippen molar-refractivity contribution in [3.05, 3.63) is 52.5 Å². The van der Waals surface area contributed by atoms with E-state index in [1.54, 1.807) is 4.90 Å². The fraction of sp³-hybridized carbons (Fsp3) is 0.250. The predicted molar refractivity (Wildman–Crippen MR) is 85.6 cm³/mol. The van der Waals surface area contributed by atoms with Gasteiger partial charge in [-0.05, 0) is 18.6 Å². The second kappa shape index (κ2) is 5.33. The summed E-state index contributed by atoms with van der Waals surface area (Å²) in [5.41, 5.74) is 2.10. The van der Waals surface area contributed by atoms with Crippen LogP contribution in [0.5, 0.6) is 0 Å². The van der Waals surface area contributed by atoms with Crippen LogP contribution in [0.4, 0.5) is 0 Å². The number of rotatable bonds is 3. The zero-order valence-corrected chi connectivity index (χ0v) is 13.1. The summed E-state index contributed by atoms with van der Waals surface area (Å²) < 4.78 is 1.84. The van der Waals surface area contributed by atoms with Crippen molar-refractivity contribution in [3.63, 3.8) is 0 Å². The van der Waals surface area contributed by atoms with E-state index in [-0.39, 0.29) is 5.91 Å². The Kier molecular flexibility index (Phi) is 3.51. The Morgan fingerprint density at radius 1 is 1.33 bits per heavy atom. The fourth-order valence-corrected chi connectivity index (χ4v) is 3.55. The first-order chi connectivity index (χ1) is 10.1. The van der Waals surface area contributed by atoms with Gasteiger partial charge in [0.1, 0.15) is 4.83 Å². The van der Waals surface area contributed by atoms with Crippen molar-refractivity contribution in [3.8, 4) is 0 Å². The van der Waals surface area contributed by atoms with Crippen LogP contribution in [0.3, 0.4) is 0 Å². The maximum Gasteiger partial charge on any atom is 0.264 e. The highest BCUT2D eigenvalue weighted by Gasteiger charge is 2.18. The number of carbonyl (C=O) groups excluding carboxylic acids is 1. The van der Waals surface area contributed by atoms with Crippen LogP contribution < -0.4 is 0 Å². The van der Waals surface area contributed by atoms with Crippen LogP contribution in [0.2, 0.25) is 0 Å². The molecule has 0 saturated heterocycles. The lowest BCUT2D eigenvalue weighted by Gasteiger charge is -2.16. The van der Waals surface area contributed by atoms with Crippen LogP contribution in [0.25, 0.3) is 10.2 Å². The van der Waals surface area contributed by atoms with Crippen molar-refractivity contribution in [2.45, 2.75) is 13.5 Å². The summed E-state index contributed by atoms with van der Waals surface area (Å²) in [6.07, 6.45) is 0. The third-order valence-electron chi connectivity index (χ3n) is 3.52. The number of fused-ring (bicyclic) bond motifs is 1. The maximum absolute atomic E-state index is 12.5. The molecule has 0 spiro atoms. The van der Waals surface area contributed by atoms with Crippen LogP contribution in [-0.4, -0.2) is 27.6 Å². The molecule has 0 atom stereocenters. The first-order valence-corrected chi connectivity index (χ1v) is 7.60. The number of aryl methyl sites for hydroxylation is 2. The highest BCUT2D eigenvalue weighted by molar-refractivity contribution is 7.20. The van der Waals surface area contributed by atoms with E-state index in [4.69, 9.17) is 0 Å². The molecule has 1 aromatic carbocycles. The standard InChI is InChI=1S/C16H17N3OS/c1-11-13-9-14(21-16(13)19(3)17-11)15(20)18(2)10-12-7-5-4-6-8-12/h4-9H,10H2,1-3H3. The minimum Gasteiger partial charge on any atom is -0.337 e. The quantitative estimate of drug-likeness (QED) is 0.745. The highest BCUT2D eigenvalue weighted by atomic mass is 32.1. The molecule has 0 aliphatic carbocycles. The van der Waals surface area contributed by atoms with Gasteiger partial charge in [-0.25, -0.2) is 0 Å². The number of nitrogens with zero attached hydrogens (tertiary/aromatic N) is 3. The van der Waals surface area contributed by atoms with Crippen LogP contribution >= 0.6 is 11.3 Å². The van der Waals surface area contributed by atoms with Crippen molar-refractivity contribution in [2.24, 2.45) is 7.05 Å². The molecule has 2 aromatic heterocycles. The van der Waals surface area contributed by atoms with E-state index < -0.39 is 0 Å². The molecule has 0 unspecified atom stereocenters. The monoisotopic (exact) mass is 299 g/mol. The van der Waals surface area contributed by atoms with Gasteiger partial charge in [-0.3, -0.25) is 9.48 Å². The summed E-state index contributed by atoms with van der Waals surface area (Å²) in [4.78, 5) is 16.1. The van der Waals surface area contributed by atoms with Gasteiger partial charge in [0, 0.05) is 26.0 Å². The molecule has 0 saturated carbocycles. The zero-order chi connectivity index (χ0) is 15.0. The van der Waals surface area contributed by atoms with Gasteiger partial charge in [-0.2, -0.15) is 5.10 Å². The van der Waals surface area contributed by atoms with Gasteiger partial charge in [0.2, 0.25) is 0 Å². The molecule has 0 radical (unpaired) electrons. The fourth-order valence-electron chi connectivity index (χ4n) is 2.43. The summed E-state index contributed by atoms with van der Waals surface area (Å²) in [6, 6.07) is 12.0. The minimum absolute atomic E-state index is 0.0550. The third-order valence-corrected chi connectivity index (χ3v) is 4.71. The summed E-state index contributed by atoms with van der Waals surface area (Å²) in [7, 11) is 3.75. The number of hydrogen-bond acceptors (Lipinski definition) is 3. The first-order valence-electron chi connectivity index (χ1n) is 6.79. The molecule has 108 valence electrons. The second-order valence-corrected chi connectivity index (χ2v) is 6.22. The van der Waals surface area contributed by atoms with E-state index in [0.29, 0.717) is 6.54 Å². The molecule has 4 nitrogen and oxygen atoms in total. The van der Waals surface area contributed by atoms with Crippen LogP contribution in [0.15, 0.2) is 36.4 Å². The molecular weight excluding hydrogens is 282 g/mol. The summed E-state index contributed by atoms with van der Waals surface area (Å²) in [5.74, 6) is 0.0550. The number of amides is 1. The number of carbonyl (C=O) groups is 1. The predicted octanol–water partition coefficient (Wildman–Crippen LogP) is 3.22. The van der Waals surface area contributed by atoms with Gasteiger partial charge in [0.05, 0.1) is 10.6 Å². The zero-order valence-electron chi connectivity index (χ0n) is 12.3. The Bertz CT molecular complexity index is 754. The molecule has 0 N–H and O–H groups in total. The Morgan fingerprint density at radius 3 is 2.71 bits per heavy atom. The minimum atomic E-state index is 0.0550. The topological polar surface area (TPSA) is 38.1 Å². The van der Waals surface area contributed by atoms with E-state index in [2.05, 4.69) is 5.10 Å². The summed E-state index contributed by atoms with van der Waals surface area (Å²) >= 11 is 1.50. The Hall–Kier alpha value is -2.14. The number of hydrogen-bond donors (Lipinski definition) is 0. The number of benzene rings is 1. The van der Waals surface area contributed by atoms with Gasteiger partial charge in [0.15, 0.2) is 0 Å². The number of aromatic nitrogens is 2. The van der Waals surface area contributed by atoms with Crippen LogP contribution in [-0.2, 0) is 13.6 Å². The second-order valence-electron chi connectivity index (χ2n) is 5.19. The largest absolute Gasteiger partial charge is 0.337 e. The summed E-state index contributed by atoms with van der Waals surface area (Å²) in [6.45, 7) is 2.59. The highest BCUT2D eigenvalue weighted by Crippen LogP contribution is 2.28.